The van der Waals surface area contributed by atoms with Crippen LogP contribution < -0.4 is 4.72 Å². The number of anilines is 1. The first kappa shape index (κ1) is 23.3. The van der Waals surface area contributed by atoms with Gasteiger partial charge in [0.1, 0.15) is 6.07 Å². The number of carbonyl (C=O) groups excluding carboxylic acids is 1. The van der Waals surface area contributed by atoms with Crippen LogP contribution in [0.15, 0.2) is 47.5 Å². The number of carboxylic acid groups (broad SMARTS) is 1. The molecular weight excluding hydrogens is 456 g/mol. The number of hydrogen-bond donors (Lipinski definition) is 3. The maximum absolute atomic E-state index is 13.1. The highest BCUT2D eigenvalue weighted by Gasteiger charge is 2.26. The zero-order valence-electron chi connectivity index (χ0n) is 18.5. The van der Waals surface area contributed by atoms with Gasteiger partial charge in [-0.2, -0.15) is 5.26 Å². The Kier molecular flexibility index (Phi) is 6.30. The van der Waals surface area contributed by atoms with Crippen LogP contribution in [-0.2, 0) is 14.8 Å². The molecule has 1 aliphatic rings. The third-order valence-corrected chi connectivity index (χ3v) is 7.53. The fourth-order valence-electron chi connectivity index (χ4n) is 4.36. The summed E-state index contributed by atoms with van der Waals surface area (Å²) in [6.07, 6.45) is 2.82. The van der Waals surface area contributed by atoms with Crippen molar-refractivity contribution >= 4 is 38.5 Å². The normalized spacial score (nSPS) is 14.6. The van der Waals surface area contributed by atoms with Gasteiger partial charge in [0.05, 0.1) is 21.7 Å². The van der Waals surface area contributed by atoms with Gasteiger partial charge in [0.25, 0.3) is 15.9 Å². The van der Waals surface area contributed by atoms with Gasteiger partial charge in [-0.3, -0.25) is 14.3 Å². The van der Waals surface area contributed by atoms with Crippen LogP contribution in [0.25, 0.3) is 10.9 Å². The topological polar surface area (TPSA) is 143 Å². The number of aromatic nitrogens is 1. The molecule has 1 saturated heterocycles. The summed E-state index contributed by atoms with van der Waals surface area (Å²) >= 11 is 0. The third kappa shape index (κ3) is 4.61. The number of nitrogens with zero attached hydrogens (tertiary/aromatic N) is 2. The fourth-order valence-corrected chi connectivity index (χ4v) is 5.48. The van der Waals surface area contributed by atoms with Crippen LogP contribution in [0.2, 0.25) is 0 Å². The number of nitrogens with one attached hydrogen (secondary N) is 2. The van der Waals surface area contributed by atoms with Crippen LogP contribution in [0, 0.1) is 24.2 Å². The van der Waals surface area contributed by atoms with E-state index in [0.717, 1.165) is 5.56 Å². The van der Waals surface area contributed by atoms with Crippen LogP contribution in [0.1, 0.15) is 40.7 Å². The van der Waals surface area contributed by atoms with Crippen LogP contribution in [0.3, 0.4) is 0 Å². The number of aliphatic carboxylic acids is 1. The first-order valence-corrected chi connectivity index (χ1v) is 12.3. The number of aromatic amines is 1. The Morgan fingerprint density at radius 3 is 2.65 bits per heavy atom. The number of benzene rings is 2. The average molecular weight is 481 g/mol. The second-order valence-electron chi connectivity index (χ2n) is 8.46. The van der Waals surface area contributed by atoms with E-state index in [-0.39, 0.29) is 28.7 Å². The summed E-state index contributed by atoms with van der Waals surface area (Å²) in [5.74, 6) is -1.09. The Morgan fingerprint density at radius 1 is 1.24 bits per heavy atom. The lowest BCUT2D eigenvalue weighted by Crippen LogP contribution is -2.39. The second kappa shape index (κ2) is 9.19. The molecule has 0 bridgehead atoms. The molecule has 0 atom stereocenters. The summed E-state index contributed by atoms with van der Waals surface area (Å²) in [7, 11) is -4.01. The summed E-state index contributed by atoms with van der Waals surface area (Å²) in [5, 5.41) is 18.9. The van der Waals surface area contributed by atoms with Gasteiger partial charge in [-0.25, -0.2) is 8.42 Å². The maximum Gasteiger partial charge on any atom is 0.303 e. The molecular formula is C24H24N4O5S. The molecule has 1 fully saturated rings. The number of amides is 1. The Bertz CT molecular complexity index is 1410. The second-order valence-corrected chi connectivity index (χ2v) is 10.1. The molecule has 0 unspecified atom stereocenters. The molecule has 34 heavy (non-hydrogen) atoms. The molecule has 0 radical (unpaired) electrons. The number of H-pyrrole nitrogens is 1. The first-order valence-electron chi connectivity index (χ1n) is 10.8. The molecule has 4 rings (SSSR count). The largest absolute Gasteiger partial charge is 0.481 e. The van der Waals surface area contributed by atoms with Crippen molar-refractivity contribution in [2.75, 3.05) is 17.8 Å². The Hall–Kier alpha value is -3.84. The highest BCUT2D eigenvalue weighted by atomic mass is 32.2. The van der Waals surface area contributed by atoms with Gasteiger partial charge in [-0.05, 0) is 55.5 Å². The van der Waals surface area contributed by atoms with Gasteiger partial charge < -0.3 is 15.0 Å². The van der Waals surface area contributed by atoms with Crippen molar-refractivity contribution in [1.29, 1.82) is 5.26 Å². The molecule has 3 N–H and O–H groups in total. The number of nitriles is 1. The molecule has 10 heteroatoms. The minimum Gasteiger partial charge on any atom is -0.481 e. The van der Waals surface area contributed by atoms with E-state index in [9.17, 15) is 23.3 Å². The standard InChI is InChI=1S/C24H24N4O5S/c1-15-5-6-20(23-22(15)18(13-25)14-26-23)27-34(32,33)19-4-2-3-17(12-19)24(31)28-9-7-16(8-10-28)11-21(29)30/h2-6,12,14,16,26-27H,7-11H2,1H3,(H,29,30). The van der Waals surface area contributed by atoms with Gasteiger partial charge in [-0.15, -0.1) is 0 Å². The van der Waals surface area contributed by atoms with E-state index in [1.165, 1.54) is 24.4 Å². The number of hydrogen-bond acceptors (Lipinski definition) is 5. The van der Waals surface area contributed by atoms with E-state index >= 15 is 0 Å². The highest BCUT2D eigenvalue weighted by Crippen LogP contribution is 2.30. The molecule has 0 spiro atoms. The number of fused-ring (bicyclic) bond motifs is 1. The van der Waals surface area contributed by atoms with E-state index in [2.05, 4.69) is 15.8 Å². The van der Waals surface area contributed by atoms with Crippen molar-refractivity contribution in [2.24, 2.45) is 5.92 Å². The van der Waals surface area contributed by atoms with Crippen molar-refractivity contribution in [1.82, 2.24) is 9.88 Å². The van der Waals surface area contributed by atoms with Crippen molar-refractivity contribution in [3.05, 3.63) is 59.3 Å². The van der Waals surface area contributed by atoms with Crippen LogP contribution in [0.5, 0.6) is 0 Å². The van der Waals surface area contributed by atoms with Gasteiger partial charge in [0, 0.05) is 36.7 Å². The quantitative estimate of drug-likeness (QED) is 0.493. The van der Waals surface area contributed by atoms with Gasteiger partial charge >= 0.3 is 5.97 Å². The lowest BCUT2D eigenvalue weighted by atomic mass is 9.93. The summed E-state index contributed by atoms with van der Waals surface area (Å²) < 4.78 is 28.8. The lowest BCUT2D eigenvalue weighted by molar-refractivity contribution is -0.138. The SMILES string of the molecule is Cc1ccc(NS(=O)(=O)c2cccc(C(=O)N3CCC(CC(=O)O)CC3)c2)c2[nH]cc(C#N)c12. The number of sulfonamides is 1. The van der Waals surface area contributed by atoms with Gasteiger partial charge in [0.2, 0.25) is 0 Å². The predicted molar refractivity (Wildman–Crippen MR) is 126 cm³/mol. The molecule has 176 valence electrons. The number of aryl methyl sites for hydroxylation is 1. The fraction of sp³-hybridized carbons (Fsp3) is 0.292. The molecule has 0 saturated carbocycles. The number of carboxylic acids is 1. The summed E-state index contributed by atoms with van der Waals surface area (Å²) in [5.41, 5.74) is 2.33. The number of piperidine rings is 1. The number of carbonyl (C=O) groups is 2. The van der Waals surface area contributed by atoms with E-state index < -0.39 is 16.0 Å². The van der Waals surface area contributed by atoms with Crippen molar-refractivity contribution in [3.8, 4) is 6.07 Å². The summed E-state index contributed by atoms with van der Waals surface area (Å²) in [6, 6.07) is 11.3. The van der Waals surface area contributed by atoms with Crippen molar-refractivity contribution in [3.63, 3.8) is 0 Å². The molecule has 3 aromatic rings. The highest BCUT2D eigenvalue weighted by molar-refractivity contribution is 7.92. The minimum atomic E-state index is -4.01. The van der Waals surface area contributed by atoms with Crippen LogP contribution >= 0.6 is 0 Å². The lowest BCUT2D eigenvalue weighted by Gasteiger charge is -2.31. The first-order chi connectivity index (χ1) is 16.2. The number of likely N-dealkylation sites (tertiary alicyclic amines) is 1. The third-order valence-electron chi connectivity index (χ3n) is 6.16. The predicted octanol–water partition coefficient (Wildman–Crippen LogP) is 3.48. The Labute approximate surface area is 197 Å². The smallest absolute Gasteiger partial charge is 0.303 e. The maximum atomic E-state index is 13.1. The summed E-state index contributed by atoms with van der Waals surface area (Å²) in [6.45, 7) is 2.71. The van der Waals surface area contributed by atoms with E-state index in [4.69, 9.17) is 5.11 Å². The van der Waals surface area contributed by atoms with Crippen molar-refractivity contribution < 1.29 is 23.1 Å². The van der Waals surface area contributed by atoms with E-state index in [1.54, 1.807) is 23.1 Å². The Morgan fingerprint density at radius 2 is 1.97 bits per heavy atom. The van der Waals surface area contributed by atoms with Crippen LogP contribution in [-0.4, -0.2) is 48.4 Å². The average Bonchev–Trinajstić information content (AvgIpc) is 3.26. The van der Waals surface area contributed by atoms with E-state index in [1.807, 2.05) is 6.92 Å². The molecule has 1 amide bonds. The summed E-state index contributed by atoms with van der Waals surface area (Å²) in [4.78, 5) is 28.4. The van der Waals surface area contributed by atoms with Crippen molar-refractivity contribution in [2.45, 2.75) is 31.1 Å². The molecule has 2 heterocycles. The molecule has 2 aromatic carbocycles. The zero-order valence-corrected chi connectivity index (χ0v) is 19.4. The Balaban J connectivity index is 1.55. The van der Waals surface area contributed by atoms with Crippen LogP contribution in [0.4, 0.5) is 5.69 Å². The minimum absolute atomic E-state index is 0.0401. The zero-order chi connectivity index (χ0) is 24.5. The van der Waals surface area contributed by atoms with E-state index in [0.29, 0.717) is 48.1 Å². The molecule has 0 aliphatic carbocycles. The molecule has 1 aromatic heterocycles. The van der Waals surface area contributed by atoms with Gasteiger partial charge in [0.15, 0.2) is 0 Å². The number of rotatable bonds is 6. The van der Waals surface area contributed by atoms with Gasteiger partial charge in [-0.1, -0.05) is 12.1 Å². The molecule has 9 nitrogen and oxygen atoms in total. The molecule has 1 aliphatic heterocycles. The monoisotopic (exact) mass is 480 g/mol.